The Morgan fingerprint density at radius 1 is 1.17 bits per heavy atom. The molecule has 104 valence electrons. The van der Waals surface area contributed by atoms with Crippen molar-refractivity contribution < 1.29 is 9.16 Å². The van der Waals surface area contributed by atoms with Crippen molar-refractivity contribution in [1.82, 2.24) is 0 Å². The Morgan fingerprint density at radius 3 is 2.00 bits per heavy atom. The number of rotatable bonds is 3. The third kappa shape index (κ3) is 4.89. The summed E-state index contributed by atoms with van der Waals surface area (Å²) in [6.07, 6.45) is 0.195. The molecule has 1 saturated heterocycles. The lowest BCUT2D eigenvalue weighted by Crippen LogP contribution is -2.45. The van der Waals surface area contributed by atoms with Crippen LogP contribution in [0.5, 0.6) is 0 Å². The summed E-state index contributed by atoms with van der Waals surface area (Å²) in [4.78, 5) is 0. The van der Waals surface area contributed by atoms with Gasteiger partial charge in [-0.3, -0.25) is 0 Å². The van der Waals surface area contributed by atoms with E-state index in [0.717, 1.165) is 6.61 Å². The molecule has 1 aliphatic rings. The van der Waals surface area contributed by atoms with Gasteiger partial charge in [0.2, 0.25) is 0 Å². The number of epoxide rings is 1. The summed E-state index contributed by atoms with van der Waals surface area (Å²) in [5.74, 6) is 3.35. The van der Waals surface area contributed by atoms with E-state index in [-0.39, 0.29) is 17.2 Å². The zero-order valence-corrected chi connectivity index (χ0v) is 15.2. The molecule has 0 aromatic heterocycles. The van der Waals surface area contributed by atoms with Crippen molar-refractivity contribution in [2.75, 3.05) is 6.61 Å². The molecule has 0 bridgehead atoms. The topological polar surface area (TPSA) is 21.8 Å². The minimum Gasteiger partial charge on any atom is -0.401 e. The van der Waals surface area contributed by atoms with E-state index in [1.165, 1.54) is 0 Å². The van der Waals surface area contributed by atoms with Crippen LogP contribution in [0.4, 0.5) is 0 Å². The van der Waals surface area contributed by atoms with Gasteiger partial charge in [0.05, 0.1) is 6.61 Å². The molecule has 1 aliphatic heterocycles. The number of hydrogen-bond acceptors (Lipinski definition) is 2. The fourth-order valence-electron chi connectivity index (χ4n) is 1.21. The zero-order valence-electron chi connectivity index (χ0n) is 13.2. The first kappa shape index (κ1) is 16.0. The first-order chi connectivity index (χ1) is 7.92. The van der Waals surface area contributed by atoms with Gasteiger partial charge < -0.3 is 9.16 Å². The fraction of sp³-hybridized carbons (Fsp3) is 0.857. The monoisotopic (exact) mass is 284 g/mol. The van der Waals surface area contributed by atoms with Crippen molar-refractivity contribution in [3.8, 4) is 11.5 Å². The summed E-state index contributed by atoms with van der Waals surface area (Å²) in [7, 11) is -3.09. The van der Waals surface area contributed by atoms with Gasteiger partial charge in [0, 0.05) is 0 Å². The van der Waals surface area contributed by atoms with Crippen molar-refractivity contribution in [2.45, 2.75) is 70.8 Å². The van der Waals surface area contributed by atoms with Crippen LogP contribution >= 0.6 is 0 Å². The van der Waals surface area contributed by atoms with Crippen molar-refractivity contribution in [3.63, 3.8) is 0 Å². The minimum atomic E-state index is -1.75. The molecule has 0 saturated carbocycles. The molecule has 1 heterocycles. The molecule has 0 aromatic carbocycles. The molecular formula is C14H28O2Si2. The second kappa shape index (κ2) is 5.12. The average Bonchev–Trinajstić information content (AvgIpc) is 2.91. The highest BCUT2D eigenvalue weighted by molar-refractivity contribution is 6.83. The van der Waals surface area contributed by atoms with Crippen LogP contribution in [-0.4, -0.2) is 35.2 Å². The van der Waals surface area contributed by atoms with Crippen LogP contribution < -0.4 is 0 Å². The summed E-state index contributed by atoms with van der Waals surface area (Å²) < 4.78 is 11.8. The predicted molar refractivity (Wildman–Crippen MR) is 82.9 cm³/mol. The van der Waals surface area contributed by atoms with Crippen LogP contribution in [0.3, 0.4) is 0 Å². The first-order valence-electron chi connectivity index (χ1n) is 6.74. The normalized spacial score (nSPS) is 22.1. The van der Waals surface area contributed by atoms with Crippen molar-refractivity contribution in [2.24, 2.45) is 0 Å². The van der Waals surface area contributed by atoms with Crippen LogP contribution in [0.1, 0.15) is 20.8 Å². The highest BCUT2D eigenvalue weighted by Gasteiger charge is 2.43. The summed E-state index contributed by atoms with van der Waals surface area (Å²) in [6.45, 7) is 18.9. The van der Waals surface area contributed by atoms with E-state index in [0.29, 0.717) is 0 Å². The second-order valence-corrected chi connectivity index (χ2v) is 17.2. The van der Waals surface area contributed by atoms with Crippen molar-refractivity contribution in [1.29, 1.82) is 0 Å². The standard InChI is InChI=1S/C14H28O2Si2/c1-14(2,3)18(7,8)16-12(13-11-15-13)9-10-17(4,5)6/h12-13H,11H2,1-8H3/t12-,13+/m1/s1. The largest absolute Gasteiger partial charge is 0.401 e. The zero-order chi connectivity index (χ0) is 14.2. The lowest BCUT2D eigenvalue weighted by molar-refractivity contribution is 0.190. The van der Waals surface area contributed by atoms with Crippen LogP contribution in [0.15, 0.2) is 0 Å². The van der Waals surface area contributed by atoms with Crippen LogP contribution in [-0.2, 0) is 9.16 Å². The van der Waals surface area contributed by atoms with Crippen molar-refractivity contribution >= 4 is 16.4 Å². The SMILES string of the molecule is CC(C)(C)[Si](C)(C)O[C@H](C#C[Si](C)(C)C)[C@@H]1CO1. The molecule has 0 amide bonds. The smallest absolute Gasteiger partial charge is 0.193 e. The predicted octanol–water partition coefficient (Wildman–Crippen LogP) is 3.66. The Bertz CT molecular complexity index is 349. The van der Waals surface area contributed by atoms with Gasteiger partial charge in [0.15, 0.2) is 8.32 Å². The number of hydrogen-bond donors (Lipinski definition) is 0. The first-order valence-corrected chi connectivity index (χ1v) is 13.2. The molecule has 2 nitrogen and oxygen atoms in total. The van der Waals surface area contributed by atoms with E-state index in [9.17, 15) is 0 Å². The lowest BCUT2D eigenvalue weighted by atomic mass is 10.2. The molecule has 0 aliphatic carbocycles. The lowest BCUT2D eigenvalue weighted by Gasteiger charge is -2.37. The Balaban J connectivity index is 2.78. The van der Waals surface area contributed by atoms with Gasteiger partial charge in [0.1, 0.15) is 20.3 Å². The molecule has 1 rings (SSSR count). The van der Waals surface area contributed by atoms with Crippen LogP contribution in [0, 0.1) is 11.5 Å². The van der Waals surface area contributed by atoms with Crippen LogP contribution in [0.2, 0.25) is 37.8 Å². The molecular weight excluding hydrogens is 256 g/mol. The summed E-state index contributed by atoms with van der Waals surface area (Å²) in [5, 5.41) is 0.223. The maximum absolute atomic E-state index is 6.38. The third-order valence-corrected chi connectivity index (χ3v) is 8.86. The van der Waals surface area contributed by atoms with E-state index in [1.807, 2.05) is 0 Å². The Labute approximate surface area is 115 Å². The van der Waals surface area contributed by atoms with Crippen molar-refractivity contribution in [3.05, 3.63) is 0 Å². The molecule has 4 heteroatoms. The van der Waals surface area contributed by atoms with Gasteiger partial charge >= 0.3 is 0 Å². The second-order valence-electron chi connectivity index (χ2n) is 7.69. The molecule has 0 aromatic rings. The Hall–Kier alpha value is -0.0862. The van der Waals surface area contributed by atoms with Gasteiger partial charge in [-0.2, -0.15) is 0 Å². The van der Waals surface area contributed by atoms with E-state index in [4.69, 9.17) is 9.16 Å². The van der Waals surface area contributed by atoms with E-state index in [2.05, 4.69) is 65.0 Å². The highest BCUT2D eigenvalue weighted by atomic mass is 28.4. The molecule has 0 spiro atoms. The van der Waals surface area contributed by atoms with Gasteiger partial charge in [-0.1, -0.05) is 46.3 Å². The molecule has 0 radical (unpaired) electrons. The van der Waals surface area contributed by atoms with Crippen LogP contribution in [0.25, 0.3) is 0 Å². The summed E-state index contributed by atoms with van der Waals surface area (Å²) >= 11 is 0. The number of ether oxygens (including phenoxy) is 1. The van der Waals surface area contributed by atoms with E-state index < -0.39 is 16.4 Å². The third-order valence-electron chi connectivity index (χ3n) is 3.51. The fourth-order valence-corrected chi connectivity index (χ4v) is 2.98. The summed E-state index contributed by atoms with van der Waals surface area (Å²) in [5.41, 5.74) is 3.42. The van der Waals surface area contributed by atoms with Gasteiger partial charge in [-0.05, 0) is 18.1 Å². The quantitative estimate of drug-likeness (QED) is 0.448. The molecule has 0 N–H and O–H groups in total. The van der Waals surface area contributed by atoms with Gasteiger partial charge in [-0.15, -0.1) is 5.54 Å². The Morgan fingerprint density at radius 2 is 1.67 bits per heavy atom. The van der Waals surface area contributed by atoms with Gasteiger partial charge in [0.25, 0.3) is 0 Å². The highest BCUT2D eigenvalue weighted by Crippen LogP contribution is 2.38. The van der Waals surface area contributed by atoms with E-state index >= 15 is 0 Å². The van der Waals surface area contributed by atoms with Gasteiger partial charge in [-0.25, -0.2) is 0 Å². The minimum absolute atomic E-state index is 0.0161. The molecule has 0 unspecified atom stereocenters. The average molecular weight is 285 g/mol. The molecule has 2 atom stereocenters. The molecule has 1 fully saturated rings. The van der Waals surface area contributed by atoms with E-state index in [1.54, 1.807) is 0 Å². The molecule has 18 heavy (non-hydrogen) atoms. The Kier molecular flexibility index (Phi) is 4.55. The maximum Gasteiger partial charge on any atom is 0.193 e. The maximum atomic E-state index is 6.38. The summed E-state index contributed by atoms with van der Waals surface area (Å²) in [6, 6.07) is 0.